The zero-order valence-corrected chi connectivity index (χ0v) is 13.0. The van der Waals surface area contributed by atoms with Crippen LogP contribution in [0, 0.1) is 18.3 Å². The summed E-state index contributed by atoms with van der Waals surface area (Å²) in [6.07, 6.45) is 1.33. The maximum Gasteiger partial charge on any atom is 0.0360 e. The standard InChI is InChI=1S/C19H25N/c1-5-20-18(17-12-19(17,3)4)16-11-10-13(2)14-8-6-7-9-15(14)16/h6-11,17-18,20H,5,12H2,1-4H3. The molecule has 2 atom stereocenters. The first-order chi connectivity index (χ1) is 9.54. The molecule has 0 heterocycles. The summed E-state index contributed by atoms with van der Waals surface area (Å²) in [5, 5.41) is 6.54. The van der Waals surface area contributed by atoms with Gasteiger partial charge in [0, 0.05) is 6.04 Å². The van der Waals surface area contributed by atoms with E-state index in [4.69, 9.17) is 0 Å². The third-order valence-corrected chi connectivity index (χ3v) is 4.93. The van der Waals surface area contributed by atoms with E-state index in [-0.39, 0.29) is 0 Å². The van der Waals surface area contributed by atoms with E-state index in [1.165, 1.54) is 28.3 Å². The van der Waals surface area contributed by atoms with Gasteiger partial charge >= 0.3 is 0 Å². The number of hydrogen-bond donors (Lipinski definition) is 1. The van der Waals surface area contributed by atoms with Crippen LogP contribution in [0.15, 0.2) is 36.4 Å². The van der Waals surface area contributed by atoms with Gasteiger partial charge in [-0.25, -0.2) is 0 Å². The molecule has 1 aliphatic carbocycles. The smallest absolute Gasteiger partial charge is 0.0360 e. The summed E-state index contributed by atoms with van der Waals surface area (Å²) in [6.45, 7) is 10.2. The van der Waals surface area contributed by atoms with E-state index < -0.39 is 0 Å². The normalized spacial score (nSPS) is 21.9. The number of hydrogen-bond acceptors (Lipinski definition) is 1. The minimum absolute atomic E-state index is 0.485. The molecular weight excluding hydrogens is 242 g/mol. The molecule has 0 amide bonds. The molecule has 2 unspecified atom stereocenters. The number of rotatable bonds is 4. The molecule has 1 saturated carbocycles. The minimum atomic E-state index is 0.485. The molecular formula is C19H25N. The first-order valence-corrected chi connectivity index (χ1v) is 7.76. The zero-order valence-electron chi connectivity index (χ0n) is 13.0. The zero-order chi connectivity index (χ0) is 14.3. The summed E-state index contributed by atoms with van der Waals surface area (Å²) in [5.74, 6) is 0.758. The molecule has 2 aromatic rings. The van der Waals surface area contributed by atoms with Crippen LogP contribution < -0.4 is 5.32 Å². The Labute approximate surface area is 122 Å². The van der Waals surface area contributed by atoms with Crippen LogP contribution in [-0.4, -0.2) is 6.54 Å². The van der Waals surface area contributed by atoms with Gasteiger partial charge in [0.25, 0.3) is 0 Å². The van der Waals surface area contributed by atoms with Gasteiger partial charge in [-0.2, -0.15) is 0 Å². The number of fused-ring (bicyclic) bond motifs is 1. The highest BCUT2D eigenvalue weighted by molar-refractivity contribution is 5.89. The van der Waals surface area contributed by atoms with Crippen LogP contribution in [0.3, 0.4) is 0 Å². The van der Waals surface area contributed by atoms with Crippen molar-refractivity contribution in [3.8, 4) is 0 Å². The molecule has 20 heavy (non-hydrogen) atoms. The Balaban J connectivity index is 2.10. The monoisotopic (exact) mass is 267 g/mol. The average molecular weight is 267 g/mol. The second-order valence-corrected chi connectivity index (χ2v) is 6.85. The Morgan fingerprint density at radius 3 is 2.40 bits per heavy atom. The molecule has 0 bridgehead atoms. The van der Waals surface area contributed by atoms with Crippen LogP contribution in [0.2, 0.25) is 0 Å². The summed E-state index contributed by atoms with van der Waals surface area (Å²) in [4.78, 5) is 0. The molecule has 0 aromatic heterocycles. The van der Waals surface area contributed by atoms with E-state index in [9.17, 15) is 0 Å². The van der Waals surface area contributed by atoms with Crippen LogP contribution >= 0.6 is 0 Å². The Morgan fingerprint density at radius 1 is 1.15 bits per heavy atom. The second kappa shape index (κ2) is 4.89. The minimum Gasteiger partial charge on any atom is -0.310 e. The Morgan fingerprint density at radius 2 is 1.80 bits per heavy atom. The maximum atomic E-state index is 3.73. The maximum absolute atomic E-state index is 3.73. The van der Waals surface area contributed by atoms with Crippen molar-refractivity contribution in [2.75, 3.05) is 6.54 Å². The lowest BCUT2D eigenvalue weighted by atomic mass is 9.91. The fourth-order valence-electron chi connectivity index (χ4n) is 3.51. The summed E-state index contributed by atoms with van der Waals surface area (Å²) in [6, 6.07) is 13.9. The van der Waals surface area contributed by atoms with Gasteiger partial charge in [-0.1, -0.05) is 57.2 Å². The fraction of sp³-hybridized carbons (Fsp3) is 0.474. The van der Waals surface area contributed by atoms with Crippen molar-refractivity contribution in [1.82, 2.24) is 5.32 Å². The van der Waals surface area contributed by atoms with E-state index >= 15 is 0 Å². The van der Waals surface area contributed by atoms with Gasteiger partial charge in [-0.3, -0.25) is 0 Å². The Kier molecular flexibility index (Phi) is 3.33. The van der Waals surface area contributed by atoms with Crippen molar-refractivity contribution >= 4 is 10.8 Å². The highest BCUT2D eigenvalue weighted by Gasteiger charge is 2.50. The van der Waals surface area contributed by atoms with E-state index in [0.717, 1.165) is 12.5 Å². The van der Waals surface area contributed by atoms with E-state index in [1.54, 1.807) is 0 Å². The molecule has 0 saturated heterocycles. The lowest BCUT2D eigenvalue weighted by Crippen LogP contribution is -2.24. The van der Waals surface area contributed by atoms with Gasteiger partial charge in [0.15, 0.2) is 0 Å². The molecule has 3 rings (SSSR count). The molecule has 1 N–H and O–H groups in total. The summed E-state index contributed by atoms with van der Waals surface area (Å²) in [5.41, 5.74) is 3.33. The first kappa shape index (κ1) is 13.6. The predicted octanol–water partition coefficient (Wildman–Crippen LogP) is 4.84. The van der Waals surface area contributed by atoms with Crippen molar-refractivity contribution in [2.45, 2.75) is 40.2 Å². The number of benzene rings is 2. The van der Waals surface area contributed by atoms with Gasteiger partial charge in [-0.15, -0.1) is 0 Å². The van der Waals surface area contributed by atoms with Crippen LogP contribution in [0.4, 0.5) is 0 Å². The predicted molar refractivity (Wildman–Crippen MR) is 87.0 cm³/mol. The molecule has 1 heteroatoms. The SMILES string of the molecule is CCNC(c1ccc(C)c2ccccc12)C1CC1(C)C. The molecule has 106 valence electrons. The second-order valence-electron chi connectivity index (χ2n) is 6.85. The number of nitrogens with one attached hydrogen (secondary N) is 1. The van der Waals surface area contributed by atoms with Gasteiger partial charge in [-0.05, 0) is 53.1 Å². The largest absolute Gasteiger partial charge is 0.310 e. The summed E-state index contributed by atoms with van der Waals surface area (Å²) in [7, 11) is 0. The van der Waals surface area contributed by atoms with Crippen LogP contribution in [0.25, 0.3) is 10.8 Å². The van der Waals surface area contributed by atoms with Gasteiger partial charge < -0.3 is 5.32 Å². The average Bonchev–Trinajstić information content (AvgIpc) is 3.06. The van der Waals surface area contributed by atoms with Crippen LogP contribution in [-0.2, 0) is 0 Å². The molecule has 1 aliphatic rings. The van der Waals surface area contributed by atoms with Crippen molar-refractivity contribution in [3.05, 3.63) is 47.5 Å². The lowest BCUT2D eigenvalue weighted by molar-refractivity contribution is 0.425. The van der Waals surface area contributed by atoms with Crippen molar-refractivity contribution in [3.63, 3.8) is 0 Å². The molecule has 0 spiro atoms. The van der Waals surface area contributed by atoms with E-state index in [0.29, 0.717) is 11.5 Å². The quantitative estimate of drug-likeness (QED) is 0.835. The molecule has 1 fully saturated rings. The Bertz CT molecular complexity index is 627. The van der Waals surface area contributed by atoms with Gasteiger partial charge in [0.1, 0.15) is 0 Å². The Hall–Kier alpha value is -1.34. The molecule has 0 radical (unpaired) electrons. The van der Waals surface area contributed by atoms with Crippen LogP contribution in [0.1, 0.15) is 44.4 Å². The van der Waals surface area contributed by atoms with Crippen molar-refractivity contribution < 1.29 is 0 Å². The van der Waals surface area contributed by atoms with Crippen LogP contribution in [0.5, 0.6) is 0 Å². The van der Waals surface area contributed by atoms with Gasteiger partial charge in [0.2, 0.25) is 0 Å². The fourth-order valence-corrected chi connectivity index (χ4v) is 3.51. The molecule has 0 aliphatic heterocycles. The highest BCUT2D eigenvalue weighted by Crippen LogP contribution is 2.58. The summed E-state index contributed by atoms with van der Waals surface area (Å²) < 4.78 is 0. The van der Waals surface area contributed by atoms with Gasteiger partial charge in [0.05, 0.1) is 0 Å². The third kappa shape index (κ3) is 2.25. The van der Waals surface area contributed by atoms with E-state index in [1.807, 2.05) is 0 Å². The molecule has 1 nitrogen and oxygen atoms in total. The molecule has 2 aromatic carbocycles. The van der Waals surface area contributed by atoms with Crippen molar-refractivity contribution in [1.29, 1.82) is 0 Å². The topological polar surface area (TPSA) is 12.0 Å². The number of aryl methyl sites for hydroxylation is 1. The van der Waals surface area contributed by atoms with Crippen molar-refractivity contribution in [2.24, 2.45) is 11.3 Å². The highest BCUT2D eigenvalue weighted by atomic mass is 14.9. The van der Waals surface area contributed by atoms with E-state index in [2.05, 4.69) is 69.4 Å². The first-order valence-electron chi connectivity index (χ1n) is 7.76. The third-order valence-electron chi connectivity index (χ3n) is 4.93. The summed E-state index contributed by atoms with van der Waals surface area (Å²) >= 11 is 0. The lowest BCUT2D eigenvalue weighted by Gasteiger charge is -2.22.